The second-order valence-corrected chi connectivity index (χ2v) is 7.41. The Morgan fingerprint density at radius 2 is 1.56 bits per heavy atom. The van der Waals surface area contributed by atoms with Crippen molar-refractivity contribution < 1.29 is 45.5 Å². The number of hydrogen-bond donors (Lipinski definition) is 2. The molecule has 0 fully saturated rings. The van der Waals surface area contributed by atoms with Crippen LogP contribution in [-0.4, -0.2) is 24.2 Å². The van der Waals surface area contributed by atoms with Crippen LogP contribution in [0.2, 0.25) is 0 Å². The summed E-state index contributed by atoms with van der Waals surface area (Å²) in [6, 6.07) is 1.75. The Hall–Kier alpha value is -3.55. The topological polar surface area (TPSA) is 99.9 Å². The minimum atomic E-state index is -5.09. The Labute approximate surface area is 177 Å². The molecule has 32 heavy (non-hydrogen) atoms. The van der Waals surface area contributed by atoms with Crippen LogP contribution >= 0.6 is 11.3 Å². The maximum atomic E-state index is 13.0. The van der Waals surface area contributed by atoms with Crippen molar-refractivity contribution in [2.75, 3.05) is 17.3 Å². The summed E-state index contributed by atoms with van der Waals surface area (Å²) in [5.74, 6) is -1.54. The van der Waals surface area contributed by atoms with Crippen LogP contribution in [0.15, 0.2) is 39.5 Å². The number of fused-ring (bicyclic) bond motifs is 1. The summed E-state index contributed by atoms with van der Waals surface area (Å²) in [6.45, 7) is 0. The van der Waals surface area contributed by atoms with Gasteiger partial charge in [-0.3, -0.25) is 4.90 Å². The Balaban J connectivity index is 1.93. The molecule has 2 aromatic heterocycles. The van der Waals surface area contributed by atoms with Crippen LogP contribution in [-0.2, 0) is 12.4 Å². The summed E-state index contributed by atoms with van der Waals surface area (Å²) < 4.78 is 82.9. The number of carboxylic acids is 1. The Bertz CT molecular complexity index is 1250. The van der Waals surface area contributed by atoms with Crippen LogP contribution in [0.1, 0.15) is 21.5 Å². The standard InChI is InChI=1S/C18H10F6N2O5S/c1-26(13-6-11-12(32-13)5-10(14(27)28)15(29)31-11)16(30)25-9-3-7(17(19,20)21)2-8(4-9)18(22,23)24/h2-6H,1H3,(H,25,30)(H,27,28). The summed E-state index contributed by atoms with van der Waals surface area (Å²) >= 11 is 0.808. The monoisotopic (exact) mass is 480 g/mol. The zero-order chi connectivity index (χ0) is 24.0. The smallest absolute Gasteiger partial charge is 0.416 e. The van der Waals surface area contributed by atoms with Gasteiger partial charge in [0.1, 0.15) is 10.6 Å². The van der Waals surface area contributed by atoms with E-state index < -0.39 is 52.4 Å². The second kappa shape index (κ2) is 7.85. The Morgan fingerprint density at radius 3 is 2.06 bits per heavy atom. The van der Waals surface area contributed by atoms with Crippen molar-refractivity contribution in [3.63, 3.8) is 0 Å². The van der Waals surface area contributed by atoms with Gasteiger partial charge in [0, 0.05) is 18.8 Å². The number of rotatable bonds is 3. The fourth-order valence-electron chi connectivity index (χ4n) is 2.55. The summed E-state index contributed by atoms with van der Waals surface area (Å²) in [5.41, 5.74) is -5.79. The van der Waals surface area contributed by atoms with Crippen molar-refractivity contribution in [2.24, 2.45) is 0 Å². The molecular weight excluding hydrogens is 470 g/mol. The summed E-state index contributed by atoms with van der Waals surface area (Å²) in [6.07, 6.45) is -10.2. The van der Waals surface area contributed by atoms with Crippen LogP contribution in [0.5, 0.6) is 0 Å². The van der Waals surface area contributed by atoms with Crippen molar-refractivity contribution in [3.8, 4) is 0 Å². The SMILES string of the molecule is CN(C(=O)Nc1cc(C(F)(F)F)cc(C(F)(F)F)c1)c1cc2oc(=O)c(C(=O)O)cc2s1. The van der Waals surface area contributed by atoms with Gasteiger partial charge in [-0.05, 0) is 24.3 Å². The number of carboxylic acid groups (broad SMARTS) is 1. The van der Waals surface area contributed by atoms with Gasteiger partial charge in [-0.2, -0.15) is 26.3 Å². The van der Waals surface area contributed by atoms with Crippen LogP contribution in [0, 0.1) is 0 Å². The molecule has 0 radical (unpaired) electrons. The lowest BCUT2D eigenvalue weighted by Gasteiger charge is -2.18. The third-order valence-corrected chi connectivity index (χ3v) is 5.25. The third-order valence-electron chi connectivity index (χ3n) is 4.11. The van der Waals surface area contributed by atoms with Gasteiger partial charge in [0.15, 0.2) is 5.58 Å². The van der Waals surface area contributed by atoms with E-state index in [2.05, 4.69) is 0 Å². The lowest BCUT2D eigenvalue weighted by molar-refractivity contribution is -0.143. The van der Waals surface area contributed by atoms with E-state index in [1.165, 1.54) is 6.07 Å². The molecule has 0 saturated carbocycles. The number of carbonyl (C=O) groups is 2. The predicted octanol–water partition coefficient (Wildman–Crippen LogP) is 5.26. The number of halogens is 6. The molecule has 0 aliphatic carbocycles. The molecular formula is C18H10F6N2O5S. The van der Waals surface area contributed by atoms with Crippen molar-refractivity contribution >= 4 is 44.3 Å². The first-order chi connectivity index (χ1) is 14.7. The number of alkyl halides is 6. The van der Waals surface area contributed by atoms with E-state index in [1.807, 2.05) is 5.32 Å². The number of carbonyl (C=O) groups excluding carboxylic acids is 1. The van der Waals surface area contributed by atoms with E-state index in [9.17, 15) is 40.7 Å². The molecule has 0 spiro atoms. The molecule has 0 unspecified atom stereocenters. The fourth-order valence-corrected chi connectivity index (χ4v) is 3.54. The first-order valence-corrected chi connectivity index (χ1v) is 9.13. The van der Waals surface area contributed by atoms with Crippen LogP contribution in [0.4, 0.5) is 41.8 Å². The fraction of sp³-hybridized carbons (Fsp3) is 0.167. The number of thiophene rings is 1. The largest absolute Gasteiger partial charge is 0.477 e. The highest BCUT2D eigenvalue weighted by molar-refractivity contribution is 7.22. The zero-order valence-electron chi connectivity index (χ0n) is 15.6. The lowest BCUT2D eigenvalue weighted by Crippen LogP contribution is -2.30. The van der Waals surface area contributed by atoms with E-state index >= 15 is 0 Å². The number of benzene rings is 1. The van der Waals surface area contributed by atoms with Crippen molar-refractivity contribution in [3.05, 3.63) is 57.4 Å². The average molecular weight is 480 g/mol. The maximum absolute atomic E-state index is 13.0. The van der Waals surface area contributed by atoms with Gasteiger partial charge in [-0.1, -0.05) is 0 Å². The highest BCUT2D eigenvalue weighted by atomic mass is 32.1. The molecule has 14 heteroatoms. The molecule has 2 amide bonds. The van der Waals surface area contributed by atoms with E-state index in [4.69, 9.17) is 9.52 Å². The van der Waals surface area contributed by atoms with Gasteiger partial charge in [-0.15, -0.1) is 11.3 Å². The first kappa shape index (κ1) is 23.1. The number of nitrogens with one attached hydrogen (secondary N) is 1. The van der Waals surface area contributed by atoms with Gasteiger partial charge in [-0.25, -0.2) is 14.4 Å². The molecule has 3 aromatic rings. The second-order valence-electron chi connectivity index (χ2n) is 6.35. The molecule has 2 heterocycles. The number of anilines is 2. The average Bonchev–Trinajstić information content (AvgIpc) is 3.07. The van der Waals surface area contributed by atoms with Gasteiger partial charge in [0.25, 0.3) is 0 Å². The normalized spacial score (nSPS) is 12.1. The molecule has 1 aromatic carbocycles. The first-order valence-electron chi connectivity index (χ1n) is 8.32. The summed E-state index contributed by atoms with van der Waals surface area (Å²) in [5, 5.41) is 11.0. The van der Waals surface area contributed by atoms with E-state index in [0.29, 0.717) is 12.1 Å². The minimum absolute atomic E-state index is 0.0573. The van der Waals surface area contributed by atoms with Crippen LogP contribution < -0.4 is 15.8 Å². The molecule has 0 bridgehead atoms. The van der Waals surface area contributed by atoms with Gasteiger partial charge in [0.2, 0.25) is 0 Å². The van der Waals surface area contributed by atoms with Crippen molar-refractivity contribution in [1.82, 2.24) is 0 Å². The van der Waals surface area contributed by atoms with Gasteiger partial charge >= 0.3 is 30.0 Å². The minimum Gasteiger partial charge on any atom is -0.477 e. The molecule has 0 saturated heterocycles. The number of nitrogens with zero attached hydrogens (tertiary/aromatic N) is 1. The van der Waals surface area contributed by atoms with Crippen molar-refractivity contribution in [2.45, 2.75) is 12.4 Å². The number of urea groups is 1. The van der Waals surface area contributed by atoms with Gasteiger partial charge in [0.05, 0.1) is 15.8 Å². The number of aromatic carboxylic acids is 1. The number of amides is 2. The lowest BCUT2D eigenvalue weighted by atomic mass is 10.1. The Morgan fingerprint density at radius 1 is 1.00 bits per heavy atom. The molecule has 0 aliphatic heterocycles. The molecule has 3 rings (SSSR count). The van der Waals surface area contributed by atoms with E-state index in [1.54, 1.807) is 0 Å². The zero-order valence-corrected chi connectivity index (χ0v) is 16.4. The molecule has 170 valence electrons. The summed E-state index contributed by atoms with van der Waals surface area (Å²) in [4.78, 5) is 35.9. The Kier molecular flexibility index (Phi) is 5.67. The van der Waals surface area contributed by atoms with Crippen LogP contribution in [0.3, 0.4) is 0 Å². The maximum Gasteiger partial charge on any atom is 0.416 e. The highest BCUT2D eigenvalue weighted by Gasteiger charge is 2.37. The van der Waals surface area contributed by atoms with Gasteiger partial charge < -0.3 is 14.8 Å². The molecule has 7 nitrogen and oxygen atoms in total. The molecule has 2 N–H and O–H groups in total. The predicted molar refractivity (Wildman–Crippen MR) is 101 cm³/mol. The highest BCUT2D eigenvalue weighted by Crippen LogP contribution is 2.38. The third kappa shape index (κ3) is 4.69. The molecule has 0 atom stereocenters. The number of hydrogen-bond acceptors (Lipinski definition) is 5. The molecule has 0 aliphatic rings. The van der Waals surface area contributed by atoms with Crippen LogP contribution in [0.25, 0.3) is 10.3 Å². The quantitative estimate of drug-likeness (QED) is 0.499. The van der Waals surface area contributed by atoms with Crippen molar-refractivity contribution in [1.29, 1.82) is 0 Å². The summed E-state index contributed by atoms with van der Waals surface area (Å²) in [7, 11) is 1.16. The van der Waals surface area contributed by atoms with E-state index in [-0.39, 0.29) is 21.4 Å². The van der Waals surface area contributed by atoms with E-state index in [0.717, 1.165) is 29.4 Å².